The molecule has 5 heteroatoms. The highest BCUT2D eigenvalue weighted by Crippen LogP contribution is 2.09. The molecule has 0 saturated carbocycles. The molecule has 0 spiro atoms. The van der Waals surface area contributed by atoms with Crippen LogP contribution in [0.25, 0.3) is 0 Å². The molecule has 1 aromatic carbocycles. The van der Waals surface area contributed by atoms with Crippen molar-refractivity contribution in [1.29, 1.82) is 0 Å². The fraction of sp³-hybridized carbons (Fsp3) is 0.467. The van der Waals surface area contributed by atoms with Gasteiger partial charge >= 0.3 is 0 Å². The van der Waals surface area contributed by atoms with E-state index >= 15 is 0 Å². The maximum absolute atomic E-state index is 11.9. The van der Waals surface area contributed by atoms with Gasteiger partial charge in [-0.15, -0.1) is 0 Å². The van der Waals surface area contributed by atoms with Crippen molar-refractivity contribution in [2.75, 3.05) is 6.54 Å². The third-order valence-electron chi connectivity index (χ3n) is 2.93. The van der Waals surface area contributed by atoms with Gasteiger partial charge in [0.2, 0.25) is 5.91 Å². The zero-order chi connectivity index (χ0) is 15.0. The molecule has 0 aliphatic rings. The van der Waals surface area contributed by atoms with E-state index in [1.54, 1.807) is 31.2 Å². The molecule has 0 heterocycles. The third-order valence-corrected chi connectivity index (χ3v) is 3.18. The zero-order valence-electron chi connectivity index (χ0n) is 11.9. The van der Waals surface area contributed by atoms with E-state index in [0.717, 1.165) is 19.3 Å². The van der Waals surface area contributed by atoms with Crippen molar-refractivity contribution in [3.05, 3.63) is 34.9 Å². The largest absolute Gasteiger partial charge is 0.354 e. The summed E-state index contributed by atoms with van der Waals surface area (Å²) in [6.07, 6.45) is 3.16. The van der Waals surface area contributed by atoms with Crippen LogP contribution in [0.4, 0.5) is 0 Å². The van der Waals surface area contributed by atoms with Crippen LogP contribution in [0.15, 0.2) is 24.3 Å². The van der Waals surface area contributed by atoms with Crippen molar-refractivity contribution in [2.24, 2.45) is 0 Å². The Morgan fingerprint density at radius 1 is 1.20 bits per heavy atom. The number of unbranched alkanes of at least 4 members (excludes halogenated alkanes) is 2. The molecule has 0 aliphatic carbocycles. The van der Waals surface area contributed by atoms with Crippen molar-refractivity contribution < 1.29 is 9.59 Å². The van der Waals surface area contributed by atoms with E-state index in [-0.39, 0.29) is 11.8 Å². The lowest BCUT2D eigenvalue weighted by Gasteiger charge is -2.14. The molecule has 0 aromatic heterocycles. The zero-order valence-corrected chi connectivity index (χ0v) is 12.7. The number of amides is 2. The molecule has 20 heavy (non-hydrogen) atoms. The Bertz CT molecular complexity index is 446. The highest BCUT2D eigenvalue weighted by molar-refractivity contribution is 6.30. The lowest BCUT2D eigenvalue weighted by molar-refractivity contribution is -0.122. The molecule has 1 atom stereocenters. The fourth-order valence-corrected chi connectivity index (χ4v) is 1.81. The summed E-state index contributed by atoms with van der Waals surface area (Å²) in [5, 5.41) is 6.04. The summed E-state index contributed by atoms with van der Waals surface area (Å²) in [5.41, 5.74) is 0.486. The molecular weight excluding hydrogens is 276 g/mol. The van der Waals surface area contributed by atoms with Gasteiger partial charge in [-0.1, -0.05) is 31.4 Å². The van der Waals surface area contributed by atoms with Crippen LogP contribution in [0, 0.1) is 0 Å². The SMILES string of the molecule is CCCCCNC(=O)C(C)NC(=O)c1ccc(Cl)cc1. The van der Waals surface area contributed by atoms with Crippen molar-refractivity contribution >= 4 is 23.4 Å². The molecule has 0 saturated heterocycles. The fourth-order valence-electron chi connectivity index (χ4n) is 1.69. The first kappa shape index (κ1) is 16.5. The Balaban J connectivity index is 2.40. The number of hydrogen-bond donors (Lipinski definition) is 2. The summed E-state index contributed by atoms with van der Waals surface area (Å²) < 4.78 is 0. The minimum absolute atomic E-state index is 0.164. The molecule has 0 fully saturated rings. The minimum Gasteiger partial charge on any atom is -0.354 e. The van der Waals surface area contributed by atoms with Gasteiger partial charge in [0.15, 0.2) is 0 Å². The standard InChI is InChI=1S/C15H21ClN2O2/c1-3-4-5-10-17-14(19)11(2)18-15(20)12-6-8-13(16)9-7-12/h6-9,11H,3-5,10H2,1-2H3,(H,17,19)(H,18,20). The van der Waals surface area contributed by atoms with Gasteiger partial charge in [0.05, 0.1) is 0 Å². The topological polar surface area (TPSA) is 58.2 Å². The maximum atomic E-state index is 11.9. The average Bonchev–Trinajstić information content (AvgIpc) is 2.44. The van der Waals surface area contributed by atoms with Crippen LogP contribution in [0.5, 0.6) is 0 Å². The molecule has 2 N–H and O–H groups in total. The lowest BCUT2D eigenvalue weighted by Crippen LogP contribution is -2.45. The van der Waals surface area contributed by atoms with Crippen LogP contribution in [0.3, 0.4) is 0 Å². The smallest absolute Gasteiger partial charge is 0.251 e. The Labute approximate surface area is 124 Å². The second-order valence-corrected chi connectivity index (χ2v) is 5.14. The van der Waals surface area contributed by atoms with Gasteiger partial charge in [0, 0.05) is 17.1 Å². The average molecular weight is 297 g/mol. The minimum atomic E-state index is -0.556. The monoisotopic (exact) mass is 296 g/mol. The van der Waals surface area contributed by atoms with Crippen LogP contribution in [0.1, 0.15) is 43.5 Å². The summed E-state index contributed by atoms with van der Waals surface area (Å²) in [5.74, 6) is -0.443. The number of carbonyl (C=O) groups is 2. The van der Waals surface area contributed by atoms with E-state index in [0.29, 0.717) is 17.1 Å². The Morgan fingerprint density at radius 2 is 1.85 bits per heavy atom. The van der Waals surface area contributed by atoms with E-state index in [1.807, 2.05) is 0 Å². The van der Waals surface area contributed by atoms with Crippen molar-refractivity contribution in [2.45, 2.75) is 39.2 Å². The summed E-state index contributed by atoms with van der Waals surface area (Å²) >= 11 is 5.76. The van der Waals surface area contributed by atoms with Crippen molar-refractivity contribution in [3.63, 3.8) is 0 Å². The molecular formula is C15H21ClN2O2. The maximum Gasteiger partial charge on any atom is 0.251 e. The first-order valence-corrected chi connectivity index (χ1v) is 7.26. The summed E-state index contributed by atoms with van der Waals surface area (Å²) in [4.78, 5) is 23.7. The number of halogens is 1. The van der Waals surface area contributed by atoms with Gasteiger partial charge < -0.3 is 10.6 Å². The van der Waals surface area contributed by atoms with E-state index in [2.05, 4.69) is 17.6 Å². The lowest BCUT2D eigenvalue weighted by atomic mass is 10.2. The van der Waals surface area contributed by atoms with E-state index in [1.165, 1.54) is 0 Å². The summed E-state index contributed by atoms with van der Waals surface area (Å²) in [6, 6.07) is 5.99. The second kappa shape index (κ2) is 8.59. The molecule has 0 bridgehead atoms. The van der Waals surface area contributed by atoms with Crippen molar-refractivity contribution in [3.8, 4) is 0 Å². The second-order valence-electron chi connectivity index (χ2n) is 4.70. The first-order valence-electron chi connectivity index (χ1n) is 6.88. The number of rotatable bonds is 7. The van der Waals surface area contributed by atoms with Crippen LogP contribution >= 0.6 is 11.6 Å². The molecule has 0 radical (unpaired) electrons. The summed E-state index contributed by atoms with van der Waals surface area (Å²) in [7, 11) is 0. The van der Waals surface area contributed by atoms with Crippen LogP contribution < -0.4 is 10.6 Å². The molecule has 1 aromatic rings. The van der Waals surface area contributed by atoms with Crippen LogP contribution in [-0.4, -0.2) is 24.4 Å². The predicted molar refractivity (Wildman–Crippen MR) is 80.9 cm³/mol. The number of nitrogens with one attached hydrogen (secondary N) is 2. The molecule has 1 unspecified atom stereocenters. The first-order chi connectivity index (χ1) is 9.54. The Morgan fingerprint density at radius 3 is 2.45 bits per heavy atom. The number of hydrogen-bond acceptors (Lipinski definition) is 2. The number of benzene rings is 1. The normalized spacial score (nSPS) is 11.8. The van der Waals surface area contributed by atoms with Gasteiger partial charge in [-0.3, -0.25) is 9.59 Å². The number of carbonyl (C=O) groups excluding carboxylic acids is 2. The van der Waals surface area contributed by atoms with Crippen LogP contribution in [0.2, 0.25) is 5.02 Å². The van der Waals surface area contributed by atoms with E-state index in [9.17, 15) is 9.59 Å². The van der Waals surface area contributed by atoms with Crippen molar-refractivity contribution in [1.82, 2.24) is 10.6 Å². The Kier molecular flexibility index (Phi) is 7.09. The highest BCUT2D eigenvalue weighted by Gasteiger charge is 2.15. The molecule has 0 aliphatic heterocycles. The quantitative estimate of drug-likeness (QED) is 0.760. The third kappa shape index (κ3) is 5.61. The summed E-state index contributed by atoms with van der Waals surface area (Å²) in [6.45, 7) is 4.42. The molecule has 2 amide bonds. The molecule has 110 valence electrons. The van der Waals surface area contributed by atoms with Gasteiger partial charge in [-0.25, -0.2) is 0 Å². The van der Waals surface area contributed by atoms with E-state index in [4.69, 9.17) is 11.6 Å². The Hall–Kier alpha value is -1.55. The van der Waals surface area contributed by atoms with Gasteiger partial charge in [0.1, 0.15) is 6.04 Å². The predicted octanol–water partition coefficient (Wildman–Crippen LogP) is 2.76. The van der Waals surface area contributed by atoms with Gasteiger partial charge in [-0.05, 0) is 37.6 Å². The van der Waals surface area contributed by atoms with Crippen LogP contribution in [-0.2, 0) is 4.79 Å². The molecule has 1 rings (SSSR count). The van der Waals surface area contributed by atoms with Gasteiger partial charge in [-0.2, -0.15) is 0 Å². The van der Waals surface area contributed by atoms with Gasteiger partial charge in [0.25, 0.3) is 5.91 Å². The highest BCUT2D eigenvalue weighted by atomic mass is 35.5. The molecule has 4 nitrogen and oxygen atoms in total. The van der Waals surface area contributed by atoms with E-state index < -0.39 is 6.04 Å².